The second kappa shape index (κ2) is 6.03. The first-order chi connectivity index (χ1) is 13.2. The molecule has 3 aromatic carbocycles. The van der Waals surface area contributed by atoms with E-state index in [4.69, 9.17) is 0 Å². The molecule has 2 heteroatoms. The Kier molecular flexibility index (Phi) is 3.51. The van der Waals surface area contributed by atoms with Gasteiger partial charge in [0.05, 0.1) is 11.2 Å². The number of benzene rings is 3. The van der Waals surface area contributed by atoms with E-state index >= 15 is 0 Å². The average molecular weight is 348 g/mol. The fourth-order valence-electron chi connectivity index (χ4n) is 3.96. The van der Waals surface area contributed by atoms with Crippen molar-refractivity contribution in [2.24, 2.45) is 0 Å². The molecule has 0 atom stereocenters. The van der Waals surface area contributed by atoms with Crippen LogP contribution in [0.15, 0.2) is 91.6 Å². The monoisotopic (exact) mass is 348 g/mol. The van der Waals surface area contributed by atoms with E-state index in [1.54, 1.807) is 0 Å². The van der Waals surface area contributed by atoms with Crippen LogP contribution in [0, 0.1) is 0 Å². The van der Waals surface area contributed by atoms with E-state index in [1.807, 2.05) is 6.07 Å². The fourth-order valence-corrected chi connectivity index (χ4v) is 3.96. The summed E-state index contributed by atoms with van der Waals surface area (Å²) in [7, 11) is 2.13. The molecule has 1 aliphatic heterocycles. The molecule has 0 N–H and O–H groups in total. The van der Waals surface area contributed by atoms with Crippen LogP contribution in [0.4, 0.5) is 11.4 Å². The molecule has 0 bridgehead atoms. The molecule has 1 aromatic heterocycles. The predicted octanol–water partition coefficient (Wildman–Crippen LogP) is 6.44. The molecule has 0 radical (unpaired) electrons. The summed E-state index contributed by atoms with van der Waals surface area (Å²) < 4.78 is 2.26. The maximum absolute atomic E-state index is 4.40. The first kappa shape index (κ1) is 15.7. The Bertz CT molecular complexity index is 1200. The summed E-state index contributed by atoms with van der Waals surface area (Å²) in [6.07, 6.45) is 6.43. The molecule has 27 heavy (non-hydrogen) atoms. The van der Waals surface area contributed by atoms with Crippen molar-refractivity contribution < 1.29 is 0 Å². The van der Waals surface area contributed by atoms with Gasteiger partial charge in [0.2, 0.25) is 0 Å². The molecule has 0 spiro atoms. The minimum atomic E-state index is 1.02. The Morgan fingerprint density at radius 2 is 1.52 bits per heavy atom. The molecule has 1 aliphatic rings. The second-order valence-electron chi connectivity index (χ2n) is 6.90. The zero-order valence-electron chi connectivity index (χ0n) is 15.3. The van der Waals surface area contributed by atoms with E-state index in [1.165, 1.54) is 33.4 Å². The van der Waals surface area contributed by atoms with Gasteiger partial charge in [0.15, 0.2) is 0 Å². The fraction of sp³-hybridized carbons (Fsp3) is 0.0400. The predicted molar refractivity (Wildman–Crippen MR) is 116 cm³/mol. The molecule has 0 aliphatic carbocycles. The maximum atomic E-state index is 4.40. The summed E-state index contributed by atoms with van der Waals surface area (Å²) in [6.45, 7) is 4.40. The average Bonchev–Trinajstić information content (AvgIpc) is 3.15. The van der Waals surface area contributed by atoms with Gasteiger partial charge in [-0.15, -0.1) is 0 Å². The lowest BCUT2D eigenvalue weighted by Gasteiger charge is -2.27. The molecule has 0 fully saturated rings. The summed E-state index contributed by atoms with van der Waals surface area (Å²) in [5.74, 6) is 0. The largest absolute Gasteiger partial charge is 0.344 e. The van der Waals surface area contributed by atoms with Crippen molar-refractivity contribution in [2.75, 3.05) is 11.9 Å². The van der Waals surface area contributed by atoms with Crippen LogP contribution in [-0.4, -0.2) is 11.6 Å². The molecule has 0 unspecified atom stereocenters. The smallest absolute Gasteiger partial charge is 0.0627 e. The molecule has 130 valence electrons. The van der Waals surface area contributed by atoms with E-state index in [2.05, 4.69) is 108 Å². The highest BCUT2D eigenvalue weighted by Gasteiger charge is 2.20. The Balaban J connectivity index is 1.84. The molecule has 5 rings (SSSR count). The Morgan fingerprint density at radius 3 is 2.37 bits per heavy atom. The van der Waals surface area contributed by atoms with E-state index in [-0.39, 0.29) is 0 Å². The van der Waals surface area contributed by atoms with Gasteiger partial charge in [-0.1, -0.05) is 61.2 Å². The van der Waals surface area contributed by atoms with Gasteiger partial charge in [-0.3, -0.25) is 0 Å². The minimum Gasteiger partial charge on any atom is -0.344 e. The lowest BCUT2D eigenvalue weighted by Crippen LogP contribution is -2.14. The van der Waals surface area contributed by atoms with Gasteiger partial charge < -0.3 is 9.47 Å². The number of hydrogen-bond acceptors (Lipinski definition) is 1. The highest BCUT2D eigenvalue weighted by Crippen LogP contribution is 2.41. The maximum Gasteiger partial charge on any atom is 0.0627 e. The number of anilines is 2. The lowest BCUT2D eigenvalue weighted by atomic mass is 9.97. The van der Waals surface area contributed by atoms with Gasteiger partial charge >= 0.3 is 0 Å². The summed E-state index contributed by atoms with van der Waals surface area (Å²) in [5.41, 5.74) is 8.11. The van der Waals surface area contributed by atoms with Crippen LogP contribution in [0.1, 0.15) is 11.1 Å². The van der Waals surface area contributed by atoms with Crippen molar-refractivity contribution >= 4 is 33.9 Å². The van der Waals surface area contributed by atoms with E-state index in [0.717, 1.165) is 11.3 Å². The third kappa shape index (κ3) is 2.42. The Morgan fingerprint density at radius 1 is 0.741 bits per heavy atom. The Labute approximate surface area is 159 Å². The van der Waals surface area contributed by atoms with E-state index in [9.17, 15) is 0 Å². The second-order valence-corrected chi connectivity index (χ2v) is 6.90. The molecule has 4 aromatic rings. The van der Waals surface area contributed by atoms with Crippen molar-refractivity contribution in [3.05, 3.63) is 103 Å². The van der Waals surface area contributed by atoms with Crippen LogP contribution in [0.2, 0.25) is 0 Å². The number of fused-ring (bicyclic) bond motifs is 4. The van der Waals surface area contributed by atoms with Crippen molar-refractivity contribution in [3.8, 4) is 5.69 Å². The van der Waals surface area contributed by atoms with Gasteiger partial charge in [0, 0.05) is 35.6 Å². The zero-order valence-corrected chi connectivity index (χ0v) is 15.3. The lowest BCUT2D eigenvalue weighted by molar-refractivity contribution is 1.12. The minimum absolute atomic E-state index is 1.02. The number of aromatic nitrogens is 1. The number of hydrogen-bond donors (Lipinski definition) is 0. The Hall–Kier alpha value is -3.52. The third-order valence-electron chi connectivity index (χ3n) is 5.31. The normalized spacial score (nSPS) is 14.4. The molecular formula is C25H20N2. The van der Waals surface area contributed by atoms with Gasteiger partial charge in [-0.05, 0) is 41.5 Å². The summed E-state index contributed by atoms with van der Waals surface area (Å²) in [5, 5.41) is 1.22. The van der Waals surface area contributed by atoms with Gasteiger partial charge in [-0.2, -0.15) is 0 Å². The molecule has 0 saturated carbocycles. The van der Waals surface area contributed by atoms with Crippen molar-refractivity contribution in [1.82, 2.24) is 4.57 Å². The third-order valence-corrected chi connectivity index (χ3v) is 5.31. The van der Waals surface area contributed by atoms with Crippen LogP contribution in [-0.2, 0) is 0 Å². The van der Waals surface area contributed by atoms with Crippen molar-refractivity contribution in [3.63, 3.8) is 0 Å². The zero-order chi connectivity index (χ0) is 18.4. The highest BCUT2D eigenvalue weighted by atomic mass is 15.1. The standard InChI is InChI=1S/C25H20N2/c1-18-12-13-19-8-6-7-11-22(19)26(2)23-15-14-20-16-17-27(25(20)24(18)23)21-9-4-3-5-10-21/h3-17H,1H2,2H3/b13-12-. The van der Waals surface area contributed by atoms with Crippen molar-refractivity contribution in [2.45, 2.75) is 0 Å². The van der Waals surface area contributed by atoms with Gasteiger partial charge in [-0.25, -0.2) is 0 Å². The highest BCUT2D eigenvalue weighted by molar-refractivity contribution is 6.03. The number of allylic oxidation sites excluding steroid dienone is 2. The summed E-state index contributed by atoms with van der Waals surface area (Å²) in [6, 6.07) is 25.5. The van der Waals surface area contributed by atoms with Crippen LogP contribution in [0.3, 0.4) is 0 Å². The topological polar surface area (TPSA) is 8.17 Å². The van der Waals surface area contributed by atoms with Gasteiger partial charge in [0.25, 0.3) is 0 Å². The molecule has 2 nitrogen and oxygen atoms in total. The first-order valence-electron chi connectivity index (χ1n) is 9.13. The number of nitrogens with zero attached hydrogens (tertiary/aromatic N) is 2. The molecule has 0 saturated heterocycles. The van der Waals surface area contributed by atoms with Crippen LogP contribution in [0.25, 0.3) is 28.2 Å². The quantitative estimate of drug-likeness (QED) is 0.384. The van der Waals surface area contributed by atoms with Crippen LogP contribution >= 0.6 is 0 Å². The molecule has 0 amide bonds. The number of para-hydroxylation sites is 2. The van der Waals surface area contributed by atoms with Crippen LogP contribution < -0.4 is 4.90 Å². The summed E-state index contributed by atoms with van der Waals surface area (Å²) in [4.78, 5) is 2.26. The van der Waals surface area contributed by atoms with Crippen LogP contribution in [0.5, 0.6) is 0 Å². The van der Waals surface area contributed by atoms with E-state index < -0.39 is 0 Å². The molecule has 2 heterocycles. The SMILES string of the molecule is C=C1/C=C\c2ccccc2N(C)c2ccc3ccn(-c4ccccc4)c3c21. The van der Waals surface area contributed by atoms with Gasteiger partial charge in [0.1, 0.15) is 0 Å². The summed E-state index contributed by atoms with van der Waals surface area (Å²) >= 11 is 0. The number of rotatable bonds is 1. The molecular weight excluding hydrogens is 328 g/mol. The first-order valence-corrected chi connectivity index (χ1v) is 9.13. The van der Waals surface area contributed by atoms with E-state index in [0.29, 0.717) is 0 Å². The van der Waals surface area contributed by atoms with Crippen molar-refractivity contribution in [1.29, 1.82) is 0 Å².